The molecule has 3 aliphatic rings. The zero-order valence-corrected chi connectivity index (χ0v) is 25.8. The number of benzene rings is 1. The third-order valence-electron chi connectivity index (χ3n) is 7.42. The Kier molecular flexibility index (Phi) is 10.4. The summed E-state index contributed by atoms with van der Waals surface area (Å²) in [5.41, 5.74) is 4.18. The summed E-state index contributed by atoms with van der Waals surface area (Å²) in [6.45, 7) is 9.55. The molecule has 1 aromatic heterocycles. The molecule has 41 heavy (non-hydrogen) atoms. The van der Waals surface area contributed by atoms with E-state index in [0.717, 1.165) is 41.9 Å². The van der Waals surface area contributed by atoms with Crippen molar-refractivity contribution in [1.82, 2.24) is 14.5 Å². The van der Waals surface area contributed by atoms with Gasteiger partial charge in [-0.05, 0) is 55.9 Å². The average molecular weight is 601 g/mol. The first-order valence-electron chi connectivity index (χ1n) is 14.4. The van der Waals surface area contributed by atoms with Crippen molar-refractivity contribution >= 4 is 44.5 Å². The number of rotatable bonds is 8. The summed E-state index contributed by atoms with van der Waals surface area (Å²) in [6, 6.07) is 10.8. The van der Waals surface area contributed by atoms with E-state index in [-0.39, 0.29) is 36.5 Å². The van der Waals surface area contributed by atoms with Gasteiger partial charge < -0.3 is 15.0 Å². The third kappa shape index (κ3) is 6.58. The lowest BCUT2D eigenvalue weighted by Crippen LogP contribution is -2.60. The van der Waals surface area contributed by atoms with E-state index in [1.807, 2.05) is 38.1 Å². The van der Waals surface area contributed by atoms with Crippen LogP contribution >= 0.6 is 11.3 Å². The van der Waals surface area contributed by atoms with Gasteiger partial charge in [0, 0.05) is 43.1 Å². The van der Waals surface area contributed by atoms with Crippen molar-refractivity contribution in [2.24, 2.45) is 0 Å². The van der Waals surface area contributed by atoms with Crippen molar-refractivity contribution < 1.29 is 22.7 Å². The van der Waals surface area contributed by atoms with Crippen LogP contribution in [-0.4, -0.2) is 80.9 Å². The van der Waals surface area contributed by atoms with Crippen molar-refractivity contribution in [3.05, 3.63) is 65.2 Å². The fourth-order valence-corrected chi connectivity index (χ4v) is 8.37. The van der Waals surface area contributed by atoms with Crippen LogP contribution in [0.3, 0.4) is 0 Å². The van der Waals surface area contributed by atoms with Gasteiger partial charge >= 0.3 is 5.97 Å². The standard InChI is InChI=1S/C28H34N4O5S2.C2H6/c1-3-31-23-11-6-5-10-21(23)22-17-20(9-7-12-24(22)31)29-28(34)25-18-30(19-26(33)37-4-2)14-15-32(25)39(35,36)27-13-8-16-38-27;1-2/h5-6,8-11,13,16-17,24-25H,3-4,7,12,14-15,18-19H2,1-2H3,(H,29,34);1-2H3/t24?,25-;/m0./s1. The first-order valence-corrected chi connectivity index (χ1v) is 16.7. The highest BCUT2D eigenvalue weighted by molar-refractivity contribution is 7.91. The number of esters is 1. The van der Waals surface area contributed by atoms with Crippen molar-refractivity contribution in [2.75, 3.05) is 44.2 Å². The summed E-state index contributed by atoms with van der Waals surface area (Å²) in [5.74, 6) is -0.808. The minimum Gasteiger partial charge on any atom is -0.465 e. The molecule has 1 saturated heterocycles. The smallest absolute Gasteiger partial charge is 0.320 e. The fraction of sp³-hybridized carbons (Fsp3) is 0.467. The average Bonchev–Trinajstić information content (AvgIpc) is 3.57. The number of likely N-dealkylation sites (N-methyl/N-ethyl adjacent to an activating group) is 1. The molecule has 9 nitrogen and oxygen atoms in total. The molecule has 2 aliphatic heterocycles. The molecular weight excluding hydrogens is 560 g/mol. The number of amides is 1. The molecular formula is C30H40N4O5S2. The lowest BCUT2D eigenvalue weighted by Gasteiger charge is -2.39. The first-order chi connectivity index (χ1) is 19.8. The number of ether oxygens (including phenoxy) is 1. The van der Waals surface area contributed by atoms with Gasteiger partial charge in [0.05, 0.1) is 19.2 Å². The molecule has 1 fully saturated rings. The fourth-order valence-electron chi connectivity index (χ4n) is 5.68. The van der Waals surface area contributed by atoms with Crippen LogP contribution < -0.4 is 10.2 Å². The lowest BCUT2D eigenvalue weighted by molar-refractivity contribution is -0.145. The van der Waals surface area contributed by atoms with Crippen LogP contribution in [0.4, 0.5) is 5.69 Å². The second-order valence-corrected chi connectivity index (χ2v) is 12.8. The van der Waals surface area contributed by atoms with Crippen LogP contribution in [0.5, 0.6) is 0 Å². The normalized spacial score (nSPS) is 20.9. The Morgan fingerprint density at radius 1 is 1.10 bits per heavy atom. The Labute approximate surface area is 247 Å². The summed E-state index contributed by atoms with van der Waals surface area (Å²) >= 11 is 1.13. The maximum absolute atomic E-state index is 13.8. The van der Waals surface area contributed by atoms with E-state index in [2.05, 4.69) is 29.3 Å². The number of piperazine rings is 1. The predicted octanol–water partition coefficient (Wildman–Crippen LogP) is 4.10. The molecule has 0 spiro atoms. The maximum Gasteiger partial charge on any atom is 0.320 e. The Hall–Kier alpha value is -2.99. The van der Waals surface area contributed by atoms with Gasteiger partial charge in [0.2, 0.25) is 5.91 Å². The molecule has 2 atom stereocenters. The molecule has 11 heteroatoms. The van der Waals surface area contributed by atoms with Gasteiger partial charge in [0.25, 0.3) is 10.0 Å². The van der Waals surface area contributed by atoms with E-state index in [1.54, 1.807) is 29.3 Å². The molecule has 3 heterocycles. The van der Waals surface area contributed by atoms with E-state index in [1.165, 1.54) is 9.99 Å². The molecule has 1 unspecified atom stereocenters. The summed E-state index contributed by atoms with van der Waals surface area (Å²) in [4.78, 5) is 30.1. The molecule has 1 aliphatic carbocycles. The Morgan fingerprint density at radius 3 is 2.59 bits per heavy atom. The van der Waals surface area contributed by atoms with Crippen molar-refractivity contribution in [3.8, 4) is 0 Å². The van der Waals surface area contributed by atoms with Crippen LogP contribution in [0.25, 0.3) is 5.57 Å². The minimum atomic E-state index is -3.88. The number of nitrogens with one attached hydrogen (secondary N) is 1. The van der Waals surface area contributed by atoms with Crippen molar-refractivity contribution in [2.45, 2.75) is 56.8 Å². The minimum absolute atomic E-state index is 0.00255. The van der Waals surface area contributed by atoms with Gasteiger partial charge in [-0.1, -0.05) is 44.2 Å². The van der Waals surface area contributed by atoms with E-state index >= 15 is 0 Å². The number of anilines is 1. The number of allylic oxidation sites excluding steroid dienone is 2. The van der Waals surface area contributed by atoms with Gasteiger partial charge in [-0.3, -0.25) is 14.5 Å². The van der Waals surface area contributed by atoms with Crippen LogP contribution in [0, 0.1) is 0 Å². The number of hydrogen-bond donors (Lipinski definition) is 1. The third-order valence-corrected chi connectivity index (χ3v) is 10.7. The van der Waals surface area contributed by atoms with Gasteiger partial charge in [-0.2, -0.15) is 4.31 Å². The summed E-state index contributed by atoms with van der Waals surface area (Å²) in [7, 11) is -3.88. The topological polar surface area (TPSA) is 99.3 Å². The van der Waals surface area contributed by atoms with Crippen LogP contribution in [-0.2, 0) is 24.3 Å². The zero-order chi connectivity index (χ0) is 29.6. The number of carbonyl (C=O) groups is 2. The van der Waals surface area contributed by atoms with Crippen LogP contribution in [0.2, 0.25) is 0 Å². The number of nitrogens with zero attached hydrogens (tertiary/aromatic N) is 3. The lowest BCUT2D eigenvalue weighted by atomic mass is 10.00. The summed E-state index contributed by atoms with van der Waals surface area (Å²) < 4.78 is 33.6. The molecule has 2 aromatic rings. The van der Waals surface area contributed by atoms with Crippen LogP contribution in [0.1, 0.15) is 46.1 Å². The highest BCUT2D eigenvalue weighted by Crippen LogP contribution is 2.43. The van der Waals surface area contributed by atoms with Crippen molar-refractivity contribution in [3.63, 3.8) is 0 Å². The van der Waals surface area contributed by atoms with E-state index in [0.29, 0.717) is 12.2 Å². The number of sulfonamides is 1. The van der Waals surface area contributed by atoms with Gasteiger partial charge in [0.1, 0.15) is 10.3 Å². The molecule has 0 radical (unpaired) electrons. The summed E-state index contributed by atoms with van der Waals surface area (Å²) in [6.07, 6.45) is 5.74. The maximum atomic E-state index is 13.8. The quantitative estimate of drug-likeness (QED) is 0.456. The molecule has 1 aromatic carbocycles. The van der Waals surface area contributed by atoms with E-state index < -0.39 is 27.9 Å². The second kappa shape index (κ2) is 13.8. The molecule has 5 rings (SSSR count). The summed E-state index contributed by atoms with van der Waals surface area (Å²) in [5, 5.41) is 4.74. The number of fused-ring (bicyclic) bond motifs is 3. The van der Waals surface area contributed by atoms with Gasteiger partial charge in [-0.15, -0.1) is 11.3 Å². The second-order valence-electron chi connectivity index (χ2n) is 9.75. The highest BCUT2D eigenvalue weighted by atomic mass is 32.2. The molecule has 0 saturated carbocycles. The predicted molar refractivity (Wildman–Crippen MR) is 163 cm³/mol. The van der Waals surface area contributed by atoms with Crippen LogP contribution in [0.15, 0.2) is 63.8 Å². The number of carbonyl (C=O) groups excluding carboxylic acids is 2. The van der Waals surface area contributed by atoms with Gasteiger partial charge in [-0.25, -0.2) is 8.42 Å². The Balaban J connectivity index is 0.00000189. The van der Waals surface area contributed by atoms with Crippen molar-refractivity contribution in [1.29, 1.82) is 0 Å². The molecule has 1 N–H and O–H groups in total. The molecule has 222 valence electrons. The van der Waals surface area contributed by atoms with E-state index in [4.69, 9.17) is 4.74 Å². The monoisotopic (exact) mass is 600 g/mol. The number of para-hydroxylation sites is 1. The van der Waals surface area contributed by atoms with Gasteiger partial charge in [0.15, 0.2) is 0 Å². The Bertz CT molecular complexity index is 1390. The zero-order valence-electron chi connectivity index (χ0n) is 24.2. The largest absolute Gasteiger partial charge is 0.465 e. The molecule has 0 bridgehead atoms. The number of thiophene rings is 1. The first kappa shape index (κ1) is 31.0. The Morgan fingerprint density at radius 2 is 1.88 bits per heavy atom. The number of hydrogen-bond acceptors (Lipinski definition) is 8. The molecule has 1 amide bonds. The SMILES string of the molecule is CC.CCOC(=O)CN1CCN(S(=O)(=O)c2cccs2)[C@H](C(=O)NC2=CCCC3C(=C2)c2ccccc2N3CC)C1. The van der Waals surface area contributed by atoms with E-state index in [9.17, 15) is 18.0 Å². The highest BCUT2D eigenvalue weighted by Gasteiger charge is 2.41.